The van der Waals surface area contributed by atoms with E-state index in [2.05, 4.69) is 19.9 Å². The van der Waals surface area contributed by atoms with Crippen molar-refractivity contribution in [2.75, 3.05) is 23.7 Å². The molecule has 1 saturated heterocycles. The molecule has 0 bridgehead atoms. The van der Waals surface area contributed by atoms with Crippen LogP contribution in [0.5, 0.6) is 0 Å². The van der Waals surface area contributed by atoms with E-state index in [0.717, 1.165) is 34.6 Å². The van der Waals surface area contributed by atoms with E-state index in [1.807, 2.05) is 23.6 Å². The molecule has 0 unspecified atom stereocenters. The molecular formula is C21H22N6OS. The number of H-pyrrole nitrogens is 2. The van der Waals surface area contributed by atoms with Gasteiger partial charge in [0.2, 0.25) is 0 Å². The summed E-state index contributed by atoms with van der Waals surface area (Å²) in [5.74, 6) is 1.43. The third-order valence-corrected chi connectivity index (χ3v) is 7.64. The fraction of sp³-hybridized carbons (Fsp3) is 0.381. The Labute approximate surface area is 171 Å². The summed E-state index contributed by atoms with van der Waals surface area (Å²) in [4.78, 5) is 31.3. The van der Waals surface area contributed by atoms with Crippen LogP contribution in [0.3, 0.4) is 0 Å². The number of thiophene rings is 1. The largest absolute Gasteiger partial charge is 0.397 e. The van der Waals surface area contributed by atoms with Crippen molar-refractivity contribution in [2.45, 2.75) is 32.1 Å². The number of imidazole rings is 1. The van der Waals surface area contributed by atoms with Gasteiger partial charge in [-0.05, 0) is 54.7 Å². The van der Waals surface area contributed by atoms with Gasteiger partial charge in [0.25, 0.3) is 5.56 Å². The second-order valence-corrected chi connectivity index (χ2v) is 9.29. The number of hydrogen-bond donors (Lipinski definition) is 3. The van der Waals surface area contributed by atoms with Crippen LogP contribution in [-0.4, -0.2) is 33.0 Å². The third kappa shape index (κ3) is 2.58. The fourth-order valence-corrected chi connectivity index (χ4v) is 5.64. The molecule has 1 aliphatic heterocycles. The first kappa shape index (κ1) is 17.0. The molecule has 8 heteroatoms. The Kier molecular flexibility index (Phi) is 3.56. The molecule has 7 nitrogen and oxygen atoms in total. The standard InChI is InChI=1S/C21H22N6OS/c22-16-12-4-11-29-20(12)26-19(28)15(16)18-23-13-2-3-14(24-17(13)25-18)27-9-7-21(8-10-27)5-1-6-21/h2-4,11H,1,5-10H2,(H3,22,26,28)(H,23,24,25). The SMILES string of the molecule is Nc1c(-c2nc3ccc(N4CCC5(CCC5)CC4)nc3[nH]2)c(=O)[nH]c2sccc12. The summed E-state index contributed by atoms with van der Waals surface area (Å²) in [6.07, 6.45) is 6.69. The number of rotatable bonds is 2. The van der Waals surface area contributed by atoms with Crippen LogP contribution in [-0.2, 0) is 0 Å². The minimum absolute atomic E-state index is 0.237. The molecule has 0 aromatic carbocycles. The summed E-state index contributed by atoms with van der Waals surface area (Å²) in [6, 6.07) is 5.92. The van der Waals surface area contributed by atoms with Crippen LogP contribution in [0, 0.1) is 5.41 Å². The zero-order valence-electron chi connectivity index (χ0n) is 16.0. The molecule has 29 heavy (non-hydrogen) atoms. The van der Waals surface area contributed by atoms with E-state index in [9.17, 15) is 4.79 Å². The highest BCUT2D eigenvalue weighted by atomic mass is 32.1. The predicted octanol–water partition coefficient (Wildman–Crippen LogP) is 3.88. The van der Waals surface area contributed by atoms with Crippen molar-refractivity contribution in [3.63, 3.8) is 0 Å². The molecule has 5 heterocycles. The Hall–Kier alpha value is -2.87. The van der Waals surface area contributed by atoms with Gasteiger partial charge in [-0.1, -0.05) is 6.42 Å². The van der Waals surface area contributed by atoms with Gasteiger partial charge < -0.3 is 20.6 Å². The zero-order chi connectivity index (χ0) is 19.6. The molecule has 2 aliphatic rings. The van der Waals surface area contributed by atoms with Gasteiger partial charge in [0, 0.05) is 18.5 Å². The van der Waals surface area contributed by atoms with Crippen molar-refractivity contribution in [3.05, 3.63) is 33.9 Å². The Morgan fingerprint density at radius 1 is 1.07 bits per heavy atom. The van der Waals surface area contributed by atoms with Gasteiger partial charge in [-0.15, -0.1) is 11.3 Å². The molecule has 0 radical (unpaired) electrons. The van der Waals surface area contributed by atoms with Crippen LogP contribution >= 0.6 is 11.3 Å². The molecule has 1 aliphatic carbocycles. The maximum atomic E-state index is 12.6. The molecule has 4 N–H and O–H groups in total. The zero-order valence-corrected chi connectivity index (χ0v) is 16.8. The van der Waals surface area contributed by atoms with Gasteiger partial charge >= 0.3 is 0 Å². The molecule has 0 amide bonds. The highest BCUT2D eigenvalue weighted by Gasteiger charge is 2.39. The van der Waals surface area contributed by atoms with Crippen LogP contribution in [0.4, 0.5) is 11.5 Å². The molecule has 4 aromatic rings. The summed E-state index contributed by atoms with van der Waals surface area (Å²) < 4.78 is 0. The molecule has 148 valence electrons. The Bertz CT molecular complexity index is 1290. The number of fused-ring (bicyclic) bond motifs is 2. The van der Waals surface area contributed by atoms with Gasteiger partial charge in [0.05, 0.1) is 5.69 Å². The number of hydrogen-bond acceptors (Lipinski definition) is 6. The van der Waals surface area contributed by atoms with Crippen molar-refractivity contribution < 1.29 is 0 Å². The highest BCUT2D eigenvalue weighted by Crippen LogP contribution is 2.49. The van der Waals surface area contributed by atoms with Crippen molar-refractivity contribution in [3.8, 4) is 11.4 Å². The molecule has 0 atom stereocenters. The fourth-order valence-electron chi connectivity index (χ4n) is 4.84. The Morgan fingerprint density at radius 3 is 2.66 bits per heavy atom. The van der Waals surface area contributed by atoms with Gasteiger partial charge in [-0.3, -0.25) is 4.79 Å². The number of pyridine rings is 2. The summed E-state index contributed by atoms with van der Waals surface area (Å²) in [5.41, 5.74) is 8.93. The number of nitrogen functional groups attached to an aromatic ring is 1. The average molecular weight is 407 g/mol. The third-order valence-electron chi connectivity index (χ3n) is 6.81. The first-order valence-corrected chi connectivity index (χ1v) is 11.0. The van der Waals surface area contributed by atoms with Gasteiger partial charge in [-0.2, -0.15) is 0 Å². The van der Waals surface area contributed by atoms with E-state index in [1.165, 1.54) is 43.4 Å². The first-order valence-electron chi connectivity index (χ1n) is 10.1. The number of anilines is 2. The lowest BCUT2D eigenvalue weighted by Gasteiger charge is -2.48. The second-order valence-electron chi connectivity index (χ2n) is 8.37. The number of nitrogens with two attached hydrogens (primary N) is 1. The number of nitrogens with one attached hydrogen (secondary N) is 2. The summed E-state index contributed by atoms with van der Waals surface area (Å²) in [5, 5.41) is 2.76. The number of aromatic amines is 2. The maximum absolute atomic E-state index is 12.6. The molecule has 2 fully saturated rings. The lowest BCUT2D eigenvalue weighted by Crippen LogP contribution is -2.43. The van der Waals surface area contributed by atoms with E-state index in [4.69, 9.17) is 10.7 Å². The van der Waals surface area contributed by atoms with E-state index in [0.29, 0.717) is 28.1 Å². The van der Waals surface area contributed by atoms with Crippen LogP contribution in [0.25, 0.3) is 32.8 Å². The van der Waals surface area contributed by atoms with Gasteiger partial charge in [0.1, 0.15) is 27.6 Å². The number of nitrogens with zero attached hydrogens (tertiary/aromatic N) is 3. The smallest absolute Gasteiger partial charge is 0.262 e. The predicted molar refractivity (Wildman–Crippen MR) is 117 cm³/mol. The van der Waals surface area contributed by atoms with Crippen molar-refractivity contribution in [1.82, 2.24) is 19.9 Å². The normalized spacial score (nSPS) is 18.6. The quantitative estimate of drug-likeness (QED) is 0.469. The first-order chi connectivity index (χ1) is 14.1. The molecule has 4 aromatic heterocycles. The molecule has 1 spiro atoms. The van der Waals surface area contributed by atoms with Crippen molar-refractivity contribution in [1.29, 1.82) is 0 Å². The minimum atomic E-state index is -0.237. The van der Waals surface area contributed by atoms with Gasteiger partial charge in [-0.25, -0.2) is 9.97 Å². The van der Waals surface area contributed by atoms with Crippen molar-refractivity contribution >= 4 is 44.2 Å². The van der Waals surface area contributed by atoms with E-state index >= 15 is 0 Å². The summed E-state index contributed by atoms with van der Waals surface area (Å²) in [6.45, 7) is 2.11. The average Bonchev–Trinajstić information content (AvgIpc) is 3.33. The van der Waals surface area contributed by atoms with Crippen LogP contribution in [0.2, 0.25) is 0 Å². The minimum Gasteiger partial charge on any atom is -0.397 e. The Morgan fingerprint density at radius 2 is 1.90 bits per heavy atom. The van der Waals surface area contributed by atoms with E-state index in [-0.39, 0.29) is 5.56 Å². The molecule has 1 saturated carbocycles. The Balaban J connectivity index is 1.36. The number of aromatic nitrogens is 4. The molecular weight excluding hydrogens is 384 g/mol. The second kappa shape index (κ2) is 6.06. The maximum Gasteiger partial charge on any atom is 0.262 e. The van der Waals surface area contributed by atoms with Crippen LogP contribution in [0.1, 0.15) is 32.1 Å². The monoisotopic (exact) mass is 406 g/mol. The lowest BCUT2D eigenvalue weighted by molar-refractivity contribution is 0.0953. The summed E-state index contributed by atoms with van der Waals surface area (Å²) >= 11 is 1.46. The molecule has 6 rings (SSSR count). The summed E-state index contributed by atoms with van der Waals surface area (Å²) in [7, 11) is 0. The highest BCUT2D eigenvalue weighted by molar-refractivity contribution is 7.16. The van der Waals surface area contributed by atoms with E-state index < -0.39 is 0 Å². The van der Waals surface area contributed by atoms with E-state index in [1.54, 1.807) is 0 Å². The van der Waals surface area contributed by atoms with Crippen LogP contribution < -0.4 is 16.2 Å². The van der Waals surface area contributed by atoms with Crippen LogP contribution in [0.15, 0.2) is 28.4 Å². The van der Waals surface area contributed by atoms with Gasteiger partial charge in [0.15, 0.2) is 5.65 Å². The number of piperidine rings is 1. The topological polar surface area (TPSA) is 104 Å². The lowest BCUT2D eigenvalue weighted by atomic mass is 9.63. The van der Waals surface area contributed by atoms with Crippen molar-refractivity contribution in [2.24, 2.45) is 5.41 Å².